The second-order valence-electron chi connectivity index (χ2n) is 1.79. The molecule has 0 spiro atoms. The van der Waals surface area contributed by atoms with Crippen molar-refractivity contribution < 1.29 is 0 Å². The molecule has 0 aromatic heterocycles. The molecule has 0 saturated carbocycles. The van der Waals surface area contributed by atoms with Crippen LogP contribution in [0.4, 0.5) is 0 Å². The average Bonchev–Trinajstić information content (AvgIpc) is 2.35. The third-order valence-corrected chi connectivity index (χ3v) is 0.568. The van der Waals surface area contributed by atoms with Crippen molar-refractivity contribution in [2.45, 2.75) is 0 Å². The highest BCUT2D eigenvalue weighted by molar-refractivity contribution is 7.80. The third-order valence-electron chi connectivity index (χ3n) is 0.568. The Morgan fingerprint density at radius 3 is 1.62 bits per heavy atom. The van der Waals surface area contributed by atoms with Crippen molar-refractivity contribution in [3.63, 3.8) is 0 Å². The third kappa shape index (κ3) is 57.3. The van der Waals surface area contributed by atoms with Crippen LogP contribution >= 0.6 is 24.4 Å². The van der Waals surface area contributed by atoms with Gasteiger partial charge in [-0.3, -0.25) is 4.99 Å². The van der Waals surface area contributed by atoms with Crippen LogP contribution in [0.2, 0.25) is 0 Å². The molecule has 1 rings (SSSR count). The monoisotopic (exact) mass is 222 g/mol. The second-order valence-corrected chi connectivity index (χ2v) is 2.74. The predicted molar refractivity (Wildman–Crippen MR) is 63.3 cm³/mol. The van der Waals surface area contributed by atoms with Crippen molar-refractivity contribution in [3.8, 4) is 0 Å². The van der Waals surface area contributed by atoms with Gasteiger partial charge in [0.1, 0.15) is 0 Å². The number of aliphatic imine (C=N–C) groups is 1. The molecule has 0 aromatic carbocycles. The first kappa shape index (κ1) is 14.4. The van der Waals surface area contributed by atoms with Crippen molar-refractivity contribution in [2.75, 3.05) is 13.1 Å². The molecule has 0 saturated heterocycles. The van der Waals surface area contributed by atoms with E-state index >= 15 is 0 Å². The number of nitrogens with zero attached hydrogens (tertiary/aromatic N) is 1. The molecule has 0 aliphatic carbocycles. The van der Waals surface area contributed by atoms with Gasteiger partial charge in [0.25, 0.3) is 0 Å². The van der Waals surface area contributed by atoms with Gasteiger partial charge in [-0.05, 0) is 24.4 Å². The minimum atomic E-state index is 0.000000000000000222. The summed E-state index contributed by atoms with van der Waals surface area (Å²) in [6, 6.07) is 0. The molecular formula is C5H14N6S2. The molecule has 1 aliphatic rings. The van der Waals surface area contributed by atoms with Gasteiger partial charge in [-0.25, -0.2) is 0 Å². The molecule has 6 nitrogen and oxygen atoms in total. The maximum atomic E-state index is 4.62. The molecule has 0 radical (unpaired) electrons. The summed E-state index contributed by atoms with van der Waals surface area (Å²) in [6.45, 7) is 1.99. The van der Waals surface area contributed by atoms with Gasteiger partial charge in [0.2, 0.25) is 0 Å². The largest absolute Gasteiger partial charge is 0.377 e. The van der Waals surface area contributed by atoms with Crippen LogP contribution in [0, 0.1) is 0 Å². The van der Waals surface area contributed by atoms with Crippen LogP contribution in [0.1, 0.15) is 0 Å². The summed E-state index contributed by atoms with van der Waals surface area (Å²) in [6.07, 6.45) is 1.74. The summed E-state index contributed by atoms with van der Waals surface area (Å²) in [4.78, 5) is 3.85. The van der Waals surface area contributed by atoms with Crippen LogP contribution in [0.5, 0.6) is 0 Å². The zero-order valence-electron chi connectivity index (χ0n) is 7.06. The molecule has 0 atom stereocenters. The van der Waals surface area contributed by atoms with Crippen LogP contribution in [0.15, 0.2) is 4.99 Å². The molecule has 1 aliphatic heterocycles. The summed E-state index contributed by atoms with van der Waals surface area (Å²) in [5, 5.41) is 2.93. The summed E-state index contributed by atoms with van der Waals surface area (Å²) in [5.74, 6) is 0. The van der Waals surface area contributed by atoms with Gasteiger partial charge in [0, 0.05) is 6.54 Å². The Hall–Kier alpha value is -1.15. The summed E-state index contributed by atoms with van der Waals surface area (Å²) in [5.41, 5.74) is 18.5. The van der Waals surface area contributed by atoms with E-state index in [1.165, 1.54) is 0 Å². The number of hydrogen-bond donors (Lipinski definition) is 5. The Labute approximate surface area is 87.7 Å². The van der Waals surface area contributed by atoms with Crippen molar-refractivity contribution in [3.05, 3.63) is 0 Å². The van der Waals surface area contributed by atoms with E-state index in [1.54, 1.807) is 6.34 Å². The SMILES string of the molecule is C1=NCCN1.NC(N)=S.NC(N)=S. The molecular weight excluding hydrogens is 208 g/mol. The maximum absolute atomic E-state index is 4.62. The van der Waals surface area contributed by atoms with E-state index in [2.05, 4.69) is 57.7 Å². The van der Waals surface area contributed by atoms with Gasteiger partial charge in [-0.2, -0.15) is 0 Å². The van der Waals surface area contributed by atoms with Crippen LogP contribution in [-0.4, -0.2) is 29.7 Å². The van der Waals surface area contributed by atoms with Crippen LogP contribution in [0.25, 0.3) is 0 Å². The van der Waals surface area contributed by atoms with Crippen LogP contribution in [-0.2, 0) is 0 Å². The molecule has 0 aromatic rings. The van der Waals surface area contributed by atoms with Gasteiger partial charge in [-0.15, -0.1) is 0 Å². The van der Waals surface area contributed by atoms with E-state index < -0.39 is 0 Å². The molecule has 13 heavy (non-hydrogen) atoms. The fourth-order valence-corrected chi connectivity index (χ4v) is 0.323. The Morgan fingerprint density at radius 2 is 1.54 bits per heavy atom. The Balaban J connectivity index is 0. The van der Waals surface area contributed by atoms with Gasteiger partial charge >= 0.3 is 0 Å². The molecule has 0 bridgehead atoms. The maximum Gasteiger partial charge on any atom is 0.160 e. The van der Waals surface area contributed by atoms with Crippen LogP contribution < -0.4 is 28.3 Å². The van der Waals surface area contributed by atoms with Crippen molar-refractivity contribution >= 4 is 41.0 Å². The Morgan fingerprint density at radius 1 is 1.15 bits per heavy atom. The van der Waals surface area contributed by atoms with E-state index in [0.29, 0.717) is 0 Å². The number of nitrogens with one attached hydrogen (secondary N) is 1. The lowest BCUT2D eigenvalue weighted by Crippen LogP contribution is -2.18. The topological polar surface area (TPSA) is 128 Å². The fraction of sp³-hybridized carbons (Fsp3) is 0.400. The quantitative estimate of drug-likeness (QED) is 0.300. The number of thiocarbonyl (C=S) groups is 2. The molecule has 0 fully saturated rings. The van der Waals surface area contributed by atoms with Gasteiger partial charge < -0.3 is 28.3 Å². The first-order valence-electron chi connectivity index (χ1n) is 3.28. The number of nitrogens with two attached hydrogens (primary N) is 4. The highest BCUT2D eigenvalue weighted by Crippen LogP contribution is 1.68. The molecule has 1 heterocycles. The molecule has 9 N–H and O–H groups in total. The molecule has 0 amide bonds. The lowest BCUT2D eigenvalue weighted by atomic mass is 10.7. The van der Waals surface area contributed by atoms with E-state index in [0.717, 1.165) is 13.1 Å². The minimum absolute atomic E-state index is 0.000000000000000222. The fourth-order valence-electron chi connectivity index (χ4n) is 0.323. The van der Waals surface area contributed by atoms with Gasteiger partial charge in [0.15, 0.2) is 10.2 Å². The molecule has 8 heteroatoms. The van der Waals surface area contributed by atoms with Gasteiger partial charge in [0.05, 0.1) is 12.9 Å². The number of hydrogen-bond acceptors (Lipinski definition) is 4. The average molecular weight is 222 g/mol. The lowest BCUT2D eigenvalue weighted by molar-refractivity contribution is 0.965. The van der Waals surface area contributed by atoms with Gasteiger partial charge in [-0.1, -0.05) is 0 Å². The van der Waals surface area contributed by atoms with E-state index in [-0.39, 0.29) is 10.2 Å². The normalized spacial score (nSPS) is 11.1. The van der Waals surface area contributed by atoms with E-state index in [4.69, 9.17) is 0 Å². The first-order valence-corrected chi connectivity index (χ1v) is 4.10. The second kappa shape index (κ2) is 10.8. The highest BCUT2D eigenvalue weighted by Gasteiger charge is 1.82. The van der Waals surface area contributed by atoms with Crippen molar-refractivity contribution in [1.29, 1.82) is 0 Å². The molecule has 76 valence electrons. The minimum Gasteiger partial charge on any atom is -0.377 e. The standard InChI is InChI=1S/C3H6N2.2CH4N2S/c1-2-5-3-4-1;2*2-1(3)4/h3H,1-2H2,(H,4,5);2*(H4,2,3,4). The van der Waals surface area contributed by atoms with Crippen molar-refractivity contribution in [1.82, 2.24) is 5.32 Å². The van der Waals surface area contributed by atoms with E-state index in [9.17, 15) is 0 Å². The summed E-state index contributed by atoms with van der Waals surface area (Å²) >= 11 is 8.19. The summed E-state index contributed by atoms with van der Waals surface area (Å²) < 4.78 is 0. The Kier molecular flexibility index (Phi) is 12.0. The summed E-state index contributed by atoms with van der Waals surface area (Å²) in [7, 11) is 0. The zero-order valence-corrected chi connectivity index (χ0v) is 8.70. The van der Waals surface area contributed by atoms with Crippen molar-refractivity contribution in [2.24, 2.45) is 27.9 Å². The van der Waals surface area contributed by atoms with E-state index in [1.807, 2.05) is 0 Å². The number of rotatable bonds is 0. The van der Waals surface area contributed by atoms with Crippen LogP contribution in [0.3, 0.4) is 0 Å². The molecule has 0 unspecified atom stereocenters. The lowest BCUT2D eigenvalue weighted by Gasteiger charge is -1.75. The Bertz CT molecular complexity index is 154. The smallest absolute Gasteiger partial charge is 0.160 e. The predicted octanol–water partition coefficient (Wildman–Crippen LogP) is -2.00. The zero-order chi connectivity index (χ0) is 10.7. The first-order chi connectivity index (χ1) is 5.96. The highest BCUT2D eigenvalue weighted by atomic mass is 32.1.